The normalized spacial score (nSPS) is 22.5. The van der Waals surface area contributed by atoms with Gasteiger partial charge in [-0.1, -0.05) is 12.8 Å². The fraction of sp³-hybridized carbons (Fsp3) is 0.579. The van der Waals surface area contributed by atoms with Crippen molar-refractivity contribution in [3.63, 3.8) is 0 Å². The van der Waals surface area contributed by atoms with Crippen molar-refractivity contribution in [2.24, 2.45) is 11.8 Å². The third kappa shape index (κ3) is 3.57. The molecule has 2 aliphatic rings. The first-order chi connectivity index (χ1) is 12.4. The Morgan fingerprint density at radius 1 is 1.15 bits per heavy atom. The monoisotopic (exact) mass is 359 g/mol. The Morgan fingerprint density at radius 3 is 2.35 bits per heavy atom. The van der Waals surface area contributed by atoms with Gasteiger partial charge in [0.15, 0.2) is 0 Å². The van der Waals surface area contributed by atoms with Crippen LogP contribution in [0.5, 0.6) is 0 Å². The van der Waals surface area contributed by atoms with Crippen LogP contribution in [0.15, 0.2) is 10.9 Å². The molecule has 26 heavy (non-hydrogen) atoms. The Kier molecular flexibility index (Phi) is 5.25. The van der Waals surface area contributed by atoms with Gasteiger partial charge in [-0.25, -0.2) is 0 Å². The number of aromatic nitrogens is 1. The average Bonchev–Trinajstić information content (AvgIpc) is 2.83. The summed E-state index contributed by atoms with van der Waals surface area (Å²) in [5.74, 6) is -0.905. The van der Waals surface area contributed by atoms with Crippen LogP contribution in [0.1, 0.15) is 48.9 Å². The molecule has 1 aliphatic heterocycles. The Hall–Kier alpha value is -2.44. The molecule has 0 unspecified atom stereocenters. The third-order valence-corrected chi connectivity index (χ3v) is 5.45. The second kappa shape index (κ2) is 7.43. The number of aryl methyl sites for hydroxylation is 2. The molecule has 1 aromatic rings. The van der Waals surface area contributed by atoms with Crippen LogP contribution in [0.4, 0.5) is 0 Å². The quantitative estimate of drug-likeness (QED) is 0.771. The predicted molar refractivity (Wildman–Crippen MR) is 95.2 cm³/mol. The van der Waals surface area contributed by atoms with Crippen LogP contribution < -0.4 is 10.9 Å². The van der Waals surface area contributed by atoms with Crippen molar-refractivity contribution in [1.29, 1.82) is 0 Å². The summed E-state index contributed by atoms with van der Waals surface area (Å²) >= 11 is 0. The molecule has 0 radical (unpaired) electrons. The van der Waals surface area contributed by atoms with Crippen molar-refractivity contribution in [2.45, 2.75) is 52.5 Å². The summed E-state index contributed by atoms with van der Waals surface area (Å²) in [7, 11) is 0. The predicted octanol–water partition coefficient (Wildman–Crippen LogP) is 1.17. The van der Waals surface area contributed by atoms with E-state index in [1.54, 1.807) is 6.92 Å². The van der Waals surface area contributed by atoms with Gasteiger partial charge in [0.2, 0.25) is 17.7 Å². The Bertz CT molecular complexity index is 774. The van der Waals surface area contributed by atoms with Crippen molar-refractivity contribution >= 4 is 17.7 Å². The number of hydrogen-bond acceptors (Lipinski definition) is 4. The summed E-state index contributed by atoms with van der Waals surface area (Å²) in [5, 5.41) is 2.71. The maximum absolute atomic E-state index is 12.4. The highest BCUT2D eigenvalue weighted by molar-refractivity contribution is 6.05. The number of nitrogens with zero attached hydrogens (tertiary/aromatic N) is 1. The molecule has 2 atom stereocenters. The first-order valence-electron chi connectivity index (χ1n) is 9.20. The van der Waals surface area contributed by atoms with E-state index in [0.29, 0.717) is 5.56 Å². The number of pyridine rings is 1. The molecule has 1 aliphatic carbocycles. The van der Waals surface area contributed by atoms with E-state index < -0.39 is 0 Å². The van der Waals surface area contributed by atoms with Crippen molar-refractivity contribution in [1.82, 2.24) is 15.2 Å². The maximum atomic E-state index is 12.4. The lowest BCUT2D eigenvalue weighted by Gasteiger charge is -2.19. The number of aromatic amines is 1. The minimum Gasteiger partial charge on any atom is -0.352 e. The smallest absolute Gasteiger partial charge is 0.253 e. The number of H-pyrrole nitrogens is 1. The van der Waals surface area contributed by atoms with Gasteiger partial charge in [0.25, 0.3) is 5.56 Å². The van der Waals surface area contributed by atoms with Crippen LogP contribution in [0.2, 0.25) is 0 Å². The van der Waals surface area contributed by atoms with Gasteiger partial charge in [0.05, 0.1) is 11.8 Å². The summed E-state index contributed by atoms with van der Waals surface area (Å²) in [5.41, 5.74) is 1.90. The molecule has 2 N–H and O–H groups in total. The van der Waals surface area contributed by atoms with E-state index in [0.717, 1.165) is 36.9 Å². The Balaban J connectivity index is 1.54. The van der Waals surface area contributed by atoms with Crippen LogP contribution in [-0.4, -0.2) is 34.2 Å². The summed E-state index contributed by atoms with van der Waals surface area (Å²) < 4.78 is 0. The number of carbonyl (C=O) groups is 3. The molecule has 1 saturated carbocycles. The van der Waals surface area contributed by atoms with Gasteiger partial charge in [-0.05, 0) is 38.3 Å². The van der Waals surface area contributed by atoms with Crippen LogP contribution in [-0.2, 0) is 20.9 Å². The standard InChI is InChI=1S/C19H25N3O4/c1-11-9-12(2)21-17(24)15(11)10-20-16(23)7-8-22-18(25)13-5-3-4-6-14(13)19(22)26/h9,13-14H,3-8,10H2,1-2H3,(H,20,23)(H,21,24)/t13-,14-/m1/s1. The van der Waals surface area contributed by atoms with Gasteiger partial charge in [-0.15, -0.1) is 0 Å². The molecule has 1 saturated heterocycles. The van der Waals surface area contributed by atoms with Gasteiger partial charge in [0.1, 0.15) is 0 Å². The van der Waals surface area contributed by atoms with Crippen molar-refractivity contribution in [3.8, 4) is 0 Å². The van der Waals surface area contributed by atoms with E-state index in [1.165, 1.54) is 4.90 Å². The summed E-state index contributed by atoms with van der Waals surface area (Å²) in [6.45, 7) is 3.87. The fourth-order valence-corrected chi connectivity index (χ4v) is 4.04. The maximum Gasteiger partial charge on any atom is 0.253 e. The highest BCUT2D eigenvalue weighted by Gasteiger charge is 2.47. The van der Waals surface area contributed by atoms with Crippen molar-refractivity contribution in [2.75, 3.05) is 6.54 Å². The average molecular weight is 359 g/mol. The van der Waals surface area contributed by atoms with E-state index in [2.05, 4.69) is 10.3 Å². The molecule has 1 aromatic heterocycles. The second-order valence-electron chi connectivity index (χ2n) is 7.30. The van der Waals surface area contributed by atoms with E-state index in [-0.39, 0.29) is 54.6 Å². The number of fused-ring (bicyclic) bond motifs is 1. The molecule has 7 nitrogen and oxygen atoms in total. The van der Waals surface area contributed by atoms with Crippen molar-refractivity contribution in [3.05, 3.63) is 33.2 Å². The van der Waals surface area contributed by atoms with Crippen LogP contribution in [0, 0.1) is 25.7 Å². The first-order valence-corrected chi connectivity index (χ1v) is 9.20. The summed E-state index contributed by atoms with van der Waals surface area (Å²) in [6.07, 6.45) is 3.57. The molecule has 0 bridgehead atoms. The lowest BCUT2D eigenvalue weighted by atomic mass is 9.81. The number of amides is 3. The van der Waals surface area contributed by atoms with E-state index >= 15 is 0 Å². The summed E-state index contributed by atoms with van der Waals surface area (Å²) in [4.78, 5) is 52.8. The van der Waals surface area contributed by atoms with E-state index in [1.807, 2.05) is 13.0 Å². The zero-order valence-corrected chi connectivity index (χ0v) is 15.3. The topological polar surface area (TPSA) is 99.3 Å². The number of likely N-dealkylation sites (tertiary alicyclic amines) is 1. The van der Waals surface area contributed by atoms with Crippen LogP contribution in [0.3, 0.4) is 0 Å². The van der Waals surface area contributed by atoms with E-state index in [9.17, 15) is 19.2 Å². The first kappa shape index (κ1) is 18.4. The minimum atomic E-state index is -0.278. The molecule has 7 heteroatoms. The Labute approximate surface area is 152 Å². The fourth-order valence-electron chi connectivity index (χ4n) is 4.04. The number of hydrogen-bond donors (Lipinski definition) is 2. The zero-order valence-electron chi connectivity index (χ0n) is 15.3. The van der Waals surface area contributed by atoms with Gasteiger partial charge in [0, 0.05) is 30.8 Å². The van der Waals surface area contributed by atoms with Gasteiger partial charge < -0.3 is 10.3 Å². The Morgan fingerprint density at radius 2 is 1.77 bits per heavy atom. The molecule has 2 fully saturated rings. The molecule has 2 heterocycles. The number of nitrogens with one attached hydrogen (secondary N) is 2. The molecule has 3 amide bonds. The highest BCUT2D eigenvalue weighted by Crippen LogP contribution is 2.37. The molecular formula is C19H25N3O4. The second-order valence-corrected chi connectivity index (χ2v) is 7.30. The van der Waals surface area contributed by atoms with E-state index in [4.69, 9.17) is 0 Å². The molecular weight excluding hydrogens is 334 g/mol. The summed E-state index contributed by atoms with van der Waals surface area (Å²) in [6, 6.07) is 1.85. The van der Waals surface area contributed by atoms with Crippen LogP contribution >= 0.6 is 0 Å². The zero-order chi connectivity index (χ0) is 18.8. The SMILES string of the molecule is Cc1cc(C)c(CNC(=O)CCN2C(=O)[C@@H]3CCCC[C@H]3C2=O)c(=O)[nH]1. The number of rotatable bonds is 5. The largest absolute Gasteiger partial charge is 0.352 e. The lowest BCUT2D eigenvalue weighted by Crippen LogP contribution is -2.36. The van der Waals surface area contributed by atoms with Gasteiger partial charge in [-0.2, -0.15) is 0 Å². The number of imide groups is 1. The van der Waals surface area contributed by atoms with Gasteiger partial charge in [-0.3, -0.25) is 24.1 Å². The molecule has 0 aromatic carbocycles. The van der Waals surface area contributed by atoms with Crippen molar-refractivity contribution < 1.29 is 14.4 Å². The molecule has 140 valence electrons. The third-order valence-electron chi connectivity index (χ3n) is 5.45. The highest BCUT2D eigenvalue weighted by atomic mass is 16.2. The minimum absolute atomic E-state index is 0.0553. The van der Waals surface area contributed by atoms with Gasteiger partial charge >= 0.3 is 0 Å². The molecule has 3 rings (SSSR count). The lowest BCUT2D eigenvalue weighted by molar-refractivity contribution is -0.140. The molecule has 0 spiro atoms. The van der Waals surface area contributed by atoms with Crippen LogP contribution in [0.25, 0.3) is 0 Å². The number of carbonyl (C=O) groups excluding carboxylic acids is 3.